The van der Waals surface area contributed by atoms with Crippen molar-refractivity contribution in [1.82, 2.24) is 9.88 Å². The smallest absolute Gasteiger partial charge is 0.222 e. The number of likely N-dealkylation sites (tertiary alicyclic amines) is 1. The topological polar surface area (TPSA) is 70.5 Å². The van der Waals surface area contributed by atoms with Gasteiger partial charge in [-0.2, -0.15) is 0 Å². The van der Waals surface area contributed by atoms with Crippen molar-refractivity contribution in [2.45, 2.75) is 75.4 Å². The molecule has 5 nitrogen and oxygen atoms in total. The van der Waals surface area contributed by atoms with Crippen LogP contribution in [0.1, 0.15) is 59.6 Å². The molecule has 0 radical (unpaired) electrons. The van der Waals surface area contributed by atoms with Crippen LogP contribution in [0.4, 0.5) is 0 Å². The quantitative estimate of drug-likeness (QED) is 0.412. The number of carbonyl (C=O) groups excluding carboxylic acids is 2. The van der Waals surface area contributed by atoms with E-state index in [1.54, 1.807) is 32.7 Å². The normalized spacial score (nSPS) is 19.9. The van der Waals surface area contributed by atoms with Crippen LogP contribution in [0.5, 0.6) is 0 Å². The van der Waals surface area contributed by atoms with E-state index in [9.17, 15) is 14.7 Å². The molecule has 1 aromatic heterocycles. The number of aliphatic hydroxyl groups excluding tert-OH is 1. The Morgan fingerprint density at radius 3 is 2.81 bits per heavy atom. The number of nitrogens with zero attached hydrogens (tertiary/aromatic N) is 2. The van der Waals surface area contributed by atoms with Crippen LogP contribution in [-0.4, -0.2) is 51.1 Å². The summed E-state index contributed by atoms with van der Waals surface area (Å²) in [6.07, 6.45) is 7.06. The summed E-state index contributed by atoms with van der Waals surface area (Å²) < 4.78 is 7.48. The van der Waals surface area contributed by atoms with Crippen LogP contribution in [0.15, 0.2) is 29.4 Å². The second-order valence-corrected chi connectivity index (χ2v) is 9.30. The van der Waals surface area contributed by atoms with Crippen molar-refractivity contribution < 1.29 is 16.1 Å². The molecule has 1 aromatic rings. The zero-order valence-electron chi connectivity index (χ0n) is 16.7. The van der Waals surface area contributed by atoms with E-state index in [-0.39, 0.29) is 18.8 Å². The van der Waals surface area contributed by atoms with Gasteiger partial charge in [-0.1, -0.05) is 29.7 Å². The fourth-order valence-corrected chi connectivity index (χ4v) is 4.98. The summed E-state index contributed by atoms with van der Waals surface area (Å²) >= 11 is 0. The Hall–Kier alpha value is -1.05. The van der Waals surface area contributed by atoms with Crippen LogP contribution in [0.2, 0.25) is 0 Å². The Bertz CT molecular complexity index is 606. The molecule has 0 aliphatic carbocycles. The number of β-amino-alcohol motifs (C(OH)–C–C–N with tert-alkyl or cyclic N) is 1. The van der Waals surface area contributed by atoms with Crippen LogP contribution in [0.25, 0.3) is 0 Å². The highest BCUT2D eigenvalue weighted by molar-refractivity contribution is 8.76. The fourth-order valence-electron chi connectivity index (χ4n) is 3.07. The van der Waals surface area contributed by atoms with Gasteiger partial charge in [0, 0.05) is 45.2 Å². The highest BCUT2D eigenvalue weighted by Gasteiger charge is 2.30. The maximum Gasteiger partial charge on any atom is 0.222 e. The van der Waals surface area contributed by atoms with E-state index >= 15 is 0 Å². The van der Waals surface area contributed by atoms with Gasteiger partial charge >= 0.3 is 0 Å². The summed E-state index contributed by atoms with van der Waals surface area (Å²) in [5.74, 6) is 1.15. The molecular weight excluding hydrogens is 380 g/mol. The summed E-state index contributed by atoms with van der Waals surface area (Å²) in [6, 6.07) is 5.67. The zero-order chi connectivity index (χ0) is 20.2. The number of hydrogen-bond donors (Lipinski definition) is 1. The van der Waals surface area contributed by atoms with Crippen molar-refractivity contribution in [2.75, 3.05) is 12.3 Å². The highest BCUT2D eigenvalue weighted by atomic mass is 33.1. The first-order chi connectivity index (χ1) is 13.6. The van der Waals surface area contributed by atoms with Gasteiger partial charge in [0.1, 0.15) is 10.8 Å². The Balaban J connectivity index is 1.45. The summed E-state index contributed by atoms with van der Waals surface area (Å²) in [5.41, 5.74) is 0. The van der Waals surface area contributed by atoms with Crippen LogP contribution < -0.4 is 0 Å². The number of aromatic nitrogens is 1. The molecule has 1 saturated heterocycles. The number of Topliss-reactive ketones (excluding diaryl/α,β-unsaturated/α-hetero) is 1. The minimum atomic E-state index is -0.481. The first kappa shape index (κ1) is 20.7. The molecule has 1 aliphatic heterocycles. The van der Waals surface area contributed by atoms with Gasteiger partial charge in [-0.05, 0) is 49.1 Å². The average Bonchev–Trinajstić information content (AvgIpc) is 3.09. The maximum absolute atomic E-state index is 12.2. The molecule has 0 unspecified atom stereocenters. The first-order valence-corrected chi connectivity index (χ1v) is 11.9. The Labute approximate surface area is 171 Å². The van der Waals surface area contributed by atoms with Gasteiger partial charge in [-0.25, -0.2) is 4.98 Å². The lowest BCUT2D eigenvalue weighted by Gasteiger charge is -2.21. The van der Waals surface area contributed by atoms with Crippen molar-refractivity contribution in [1.29, 1.82) is 0 Å². The second-order valence-electron chi connectivity index (χ2n) is 6.87. The van der Waals surface area contributed by atoms with Crippen LogP contribution >= 0.6 is 21.6 Å². The highest BCUT2D eigenvalue weighted by Crippen LogP contribution is 2.29. The van der Waals surface area contributed by atoms with Gasteiger partial charge in [-0.15, -0.1) is 0 Å². The minimum absolute atomic E-state index is 0.0484. The summed E-state index contributed by atoms with van der Waals surface area (Å²) in [7, 11) is 3.26. The SMILES string of the molecule is [2H]C[C@@H]1C[C@@H](O)CN1C(=O)CCCCCCC(=O)CCSSc1ccccn1. The molecule has 0 spiro atoms. The lowest BCUT2D eigenvalue weighted by molar-refractivity contribution is -0.132. The number of ketones is 1. The van der Waals surface area contributed by atoms with Crippen molar-refractivity contribution in [2.24, 2.45) is 0 Å². The van der Waals surface area contributed by atoms with E-state index in [1.165, 1.54) is 0 Å². The number of carbonyl (C=O) groups is 2. The van der Waals surface area contributed by atoms with E-state index in [0.29, 0.717) is 38.0 Å². The number of aliphatic hydroxyl groups is 1. The van der Waals surface area contributed by atoms with Gasteiger partial charge in [0.05, 0.1) is 6.10 Å². The Kier molecular flexibility index (Phi) is 9.51. The van der Waals surface area contributed by atoms with E-state index in [0.717, 1.165) is 36.5 Å². The molecule has 1 aliphatic rings. The standard InChI is InChI=1S/C20H30N2O3S2/c1-16-14-18(24)15-22(16)20(25)10-5-3-2-4-8-17(23)11-13-26-27-19-9-6-7-12-21-19/h6-7,9,12,16,18,24H,2-5,8,10-11,13-15H2,1H3/t16-,18-/m1/s1/i1D. The number of rotatable bonds is 12. The fraction of sp³-hybridized carbons (Fsp3) is 0.650. The second kappa shape index (κ2) is 12.4. The lowest BCUT2D eigenvalue weighted by atomic mass is 10.1. The predicted octanol–water partition coefficient (Wildman–Crippen LogP) is 4.10. The minimum Gasteiger partial charge on any atom is -0.391 e. The van der Waals surface area contributed by atoms with Crippen molar-refractivity contribution in [3.8, 4) is 0 Å². The molecule has 27 heavy (non-hydrogen) atoms. The van der Waals surface area contributed by atoms with Crippen molar-refractivity contribution in [3.05, 3.63) is 24.4 Å². The summed E-state index contributed by atoms with van der Waals surface area (Å²) in [4.78, 5) is 30.0. The van der Waals surface area contributed by atoms with Gasteiger partial charge < -0.3 is 10.0 Å². The third kappa shape index (κ3) is 8.66. The van der Waals surface area contributed by atoms with Crippen LogP contribution in [0, 0.1) is 0 Å². The van der Waals surface area contributed by atoms with E-state index in [1.807, 2.05) is 18.2 Å². The molecule has 150 valence electrons. The lowest BCUT2D eigenvalue weighted by Crippen LogP contribution is -2.34. The molecule has 0 saturated carbocycles. The molecule has 2 rings (SSSR count). The average molecular weight is 412 g/mol. The predicted molar refractivity (Wildman–Crippen MR) is 112 cm³/mol. The van der Waals surface area contributed by atoms with Gasteiger partial charge in [0.25, 0.3) is 0 Å². The molecule has 2 atom stereocenters. The summed E-state index contributed by atoms with van der Waals surface area (Å²) in [6.45, 7) is 0.525. The Morgan fingerprint density at radius 1 is 1.26 bits per heavy atom. The van der Waals surface area contributed by atoms with Crippen molar-refractivity contribution in [3.63, 3.8) is 0 Å². The third-order valence-electron chi connectivity index (χ3n) is 4.56. The van der Waals surface area contributed by atoms with Crippen molar-refractivity contribution >= 4 is 33.3 Å². The maximum atomic E-state index is 12.2. The monoisotopic (exact) mass is 411 g/mol. The van der Waals surface area contributed by atoms with E-state index < -0.39 is 6.10 Å². The van der Waals surface area contributed by atoms with Gasteiger partial charge in [0.15, 0.2) is 0 Å². The molecule has 2 heterocycles. The van der Waals surface area contributed by atoms with Gasteiger partial charge in [0.2, 0.25) is 5.91 Å². The number of unbranched alkanes of at least 4 members (excludes halogenated alkanes) is 3. The molecule has 1 amide bonds. The number of pyridine rings is 1. The van der Waals surface area contributed by atoms with Crippen LogP contribution in [0.3, 0.4) is 0 Å². The largest absolute Gasteiger partial charge is 0.391 e. The molecule has 0 aromatic carbocycles. The molecular formula is C20H30N2O3S2. The number of amides is 1. The van der Waals surface area contributed by atoms with Gasteiger partial charge in [-0.3, -0.25) is 9.59 Å². The summed E-state index contributed by atoms with van der Waals surface area (Å²) in [5, 5.41) is 10.6. The molecule has 7 heteroatoms. The molecule has 1 fully saturated rings. The molecule has 1 N–H and O–H groups in total. The zero-order valence-corrected chi connectivity index (χ0v) is 17.3. The van der Waals surface area contributed by atoms with Crippen LogP contribution in [-0.2, 0) is 9.59 Å². The number of hydrogen-bond acceptors (Lipinski definition) is 6. The Morgan fingerprint density at radius 2 is 2.07 bits per heavy atom. The van der Waals surface area contributed by atoms with E-state index in [2.05, 4.69) is 4.98 Å². The molecule has 0 bridgehead atoms. The third-order valence-corrected chi connectivity index (χ3v) is 6.82. The van der Waals surface area contributed by atoms with E-state index in [4.69, 9.17) is 1.37 Å². The first-order valence-electron chi connectivity index (χ1n) is 10.3.